The Morgan fingerprint density at radius 3 is 2.10 bits per heavy atom. The third-order valence-electron chi connectivity index (χ3n) is 3.88. The van der Waals surface area contributed by atoms with E-state index in [1.807, 2.05) is 0 Å². The predicted octanol–water partition coefficient (Wildman–Crippen LogP) is 2.26. The SMILES string of the molecule is CC(C)(C)OC(=O)N(OC(=O)OC1CCOCC1)S(=O)(=O)c1ccccc1S(C)(=O)=O. The summed E-state index contributed by atoms with van der Waals surface area (Å²) in [4.78, 5) is 28.2. The van der Waals surface area contributed by atoms with Gasteiger partial charge in [-0.15, -0.1) is 0 Å². The fourth-order valence-corrected chi connectivity index (χ4v) is 5.23. The molecule has 0 radical (unpaired) electrons. The molecule has 2 rings (SSSR count). The van der Waals surface area contributed by atoms with E-state index < -0.39 is 53.6 Å². The van der Waals surface area contributed by atoms with Crippen LogP contribution in [0.25, 0.3) is 0 Å². The molecule has 1 saturated heterocycles. The van der Waals surface area contributed by atoms with Crippen molar-refractivity contribution in [3.63, 3.8) is 0 Å². The number of hydroxylamine groups is 1. The third-order valence-corrected chi connectivity index (χ3v) is 6.73. The Kier molecular flexibility index (Phi) is 7.55. The number of rotatable bonds is 4. The van der Waals surface area contributed by atoms with Gasteiger partial charge in [0, 0.05) is 19.1 Å². The van der Waals surface area contributed by atoms with Gasteiger partial charge >= 0.3 is 22.3 Å². The minimum atomic E-state index is -4.99. The molecule has 1 fully saturated rings. The molecule has 0 N–H and O–H groups in total. The van der Waals surface area contributed by atoms with Crippen LogP contribution in [-0.4, -0.2) is 64.7 Å². The molecule has 1 aliphatic rings. The summed E-state index contributed by atoms with van der Waals surface area (Å²) in [5, 5.41) is 0. The number of nitrogens with zero attached hydrogens (tertiary/aromatic N) is 1. The summed E-state index contributed by atoms with van der Waals surface area (Å²) in [5.41, 5.74) is -1.14. The normalized spacial score (nSPS) is 15.7. The fourth-order valence-electron chi connectivity index (χ4n) is 2.56. The quantitative estimate of drug-likeness (QED) is 0.466. The first-order chi connectivity index (χ1) is 14.2. The summed E-state index contributed by atoms with van der Waals surface area (Å²) in [6, 6.07) is 4.59. The maximum absolute atomic E-state index is 13.2. The molecule has 0 saturated carbocycles. The van der Waals surface area contributed by atoms with Gasteiger partial charge in [0.2, 0.25) is 0 Å². The minimum Gasteiger partial charge on any atom is -0.441 e. The van der Waals surface area contributed by atoms with E-state index in [-0.39, 0.29) is 4.47 Å². The summed E-state index contributed by atoms with van der Waals surface area (Å²) in [7, 11) is -9.00. The number of carbonyl (C=O) groups is 2. The molecule has 1 aromatic rings. The molecular weight excluding hydrogens is 454 g/mol. The Bertz CT molecular complexity index is 1020. The standard InChI is InChI=1S/C18H25NO10S2/c1-18(2,3)28-16(20)19(29-17(21)27-13-9-11-26-12-10-13)31(24,25)15-8-6-5-7-14(15)30(4,22)23/h5-8,13H,9-12H2,1-4H3. The lowest BCUT2D eigenvalue weighted by Crippen LogP contribution is -2.43. The second-order valence-corrected chi connectivity index (χ2v) is 11.4. The van der Waals surface area contributed by atoms with Crippen LogP contribution in [-0.2, 0) is 38.9 Å². The van der Waals surface area contributed by atoms with Gasteiger partial charge in [-0.25, -0.2) is 18.0 Å². The summed E-state index contributed by atoms with van der Waals surface area (Å²) in [6.07, 6.45) is -2.05. The van der Waals surface area contributed by atoms with Gasteiger partial charge in [0.1, 0.15) is 16.6 Å². The van der Waals surface area contributed by atoms with Crippen molar-refractivity contribution in [2.75, 3.05) is 19.5 Å². The molecule has 0 bridgehead atoms. The minimum absolute atomic E-state index is 0.302. The van der Waals surface area contributed by atoms with E-state index in [0.717, 1.165) is 18.4 Å². The molecule has 0 aliphatic carbocycles. The summed E-state index contributed by atoms with van der Waals surface area (Å²) in [6.45, 7) is 5.10. The largest absolute Gasteiger partial charge is 0.534 e. The van der Waals surface area contributed by atoms with Gasteiger partial charge in [0.25, 0.3) is 0 Å². The molecule has 0 spiro atoms. The first kappa shape index (κ1) is 24.9. The van der Waals surface area contributed by atoms with Crippen LogP contribution >= 0.6 is 0 Å². The second kappa shape index (κ2) is 9.40. The van der Waals surface area contributed by atoms with Crippen molar-refractivity contribution < 1.29 is 45.5 Å². The lowest BCUT2D eigenvalue weighted by Gasteiger charge is -2.27. The van der Waals surface area contributed by atoms with Crippen molar-refractivity contribution in [2.45, 2.75) is 55.1 Å². The number of hydrogen-bond acceptors (Lipinski definition) is 10. The predicted molar refractivity (Wildman–Crippen MR) is 106 cm³/mol. The Hall–Kier alpha value is -2.38. The van der Waals surface area contributed by atoms with Crippen molar-refractivity contribution in [1.29, 1.82) is 0 Å². The Morgan fingerprint density at radius 1 is 1.03 bits per heavy atom. The van der Waals surface area contributed by atoms with Crippen molar-refractivity contribution >= 4 is 32.1 Å². The Morgan fingerprint density at radius 2 is 1.58 bits per heavy atom. The van der Waals surface area contributed by atoms with E-state index in [0.29, 0.717) is 26.1 Å². The molecular formula is C18H25NO10S2. The third kappa shape index (κ3) is 6.80. The van der Waals surface area contributed by atoms with Gasteiger partial charge < -0.3 is 14.2 Å². The smallest absolute Gasteiger partial charge is 0.441 e. The van der Waals surface area contributed by atoms with Crippen LogP contribution in [0.1, 0.15) is 33.6 Å². The molecule has 1 heterocycles. The Labute approximate surface area is 181 Å². The van der Waals surface area contributed by atoms with E-state index >= 15 is 0 Å². The number of amides is 1. The maximum Gasteiger partial charge on any atom is 0.534 e. The summed E-state index contributed by atoms with van der Waals surface area (Å²) in [5.74, 6) is 0. The summed E-state index contributed by atoms with van der Waals surface area (Å²) < 4.78 is 65.4. The number of benzene rings is 1. The monoisotopic (exact) mass is 479 g/mol. The molecule has 174 valence electrons. The van der Waals surface area contributed by atoms with Gasteiger partial charge in [-0.3, -0.25) is 4.84 Å². The van der Waals surface area contributed by atoms with Crippen LogP contribution in [0.4, 0.5) is 9.59 Å². The van der Waals surface area contributed by atoms with E-state index in [4.69, 9.17) is 19.0 Å². The van der Waals surface area contributed by atoms with E-state index in [2.05, 4.69) is 0 Å². The second-order valence-electron chi connectivity index (χ2n) is 7.70. The average molecular weight is 480 g/mol. The number of hydrogen-bond donors (Lipinski definition) is 0. The van der Waals surface area contributed by atoms with Crippen molar-refractivity contribution in [1.82, 2.24) is 4.47 Å². The highest BCUT2D eigenvalue weighted by atomic mass is 32.2. The number of sulfone groups is 1. The Balaban J connectivity index is 2.42. The lowest BCUT2D eigenvalue weighted by atomic mass is 10.2. The zero-order valence-electron chi connectivity index (χ0n) is 17.6. The highest BCUT2D eigenvalue weighted by molar-refractivity contribution is 7.93. The van der Waals surface area contributed by atoms with Crippen LogP contribution < -0.4 is 0 Å². The molecule has 11 nitrogen and oxygen atoms in total. The van der Waals surface area contributed by atoms with E-state index in [9.17, 15) is 26.4 Å². The van der Waals surface area contributed by atoms with Crippen molar-refractivity contribution in [3.8, 4) is 0 Å². The van der Waals surface area contributed by atoms with Crippen LogP contribution in [0.5, 0.6) is 0 Å². The molecule has 31 heavy (non-hydrogen) atoms. The summed E-state index contributed by atoms with van der Waals surface area (Å²) >= 11 is 0. The van der Waals surface area contributed by atoms with E-state index in [1.54, 1.807) is 0 Å². The number of sulfonamides is 1. The molecule has 1 aromatic carbocycles. The number of carbonyl (C=O) groups excluding carboxylic acids is 2. The van der Waals surface area contributed by atoms with Crippen LogP contribution in [0.2, 0.25) is 0 Å². The molecule has 13 heteroatoms. The van der Waals surface area contributed by atoms with Gasteiger partial charge in [0.15, 0.2) is 9.84 Å². The molecule has 0 aromatic heterocycles. The molecule has 1 aliphatic heterocycles. The number of ether oxygens (including phenoxy) is 3. The van der Waals surface area contributed by atoms with Crippen molar-refractivity contribution in [2.24, 2.45) is 0 Å². The first-order valence-corrected chi connectivity index (χ1v) is 12.6. The molecule has 0 atom stereocenters. The highest BCUT2D eigenvalue weighted by Crippen LogP contribution is 2.26. The van der Waals surface area contributed by atoms with Crippen LogP contribution in [0, 0.1) is 0 Å². The van der Waals surface area contributed by atoms with Gasteiger partial charge in [-0.2, -0.15) is 8.42 Å². The lowest BCUT2D eigenvalue weighted by molar-refractivity contribution is -0.0925. The van der Waals surface area contributed by atoms with Crippen LogP contribution in [0.3, 0.4) is 0 Å². The molecule has 0 unspecified atom stereocenters. The fraction of sp³-hybridized carbons (Fsp3) is 0.556. The van der Waals surface area contributed by atoms with Gasteiger partial charge in [-0.05, 0) is 37.4 Å². The maximum atomic E-state index is 13.2. The van der Waals surface area contributed by atoms with E-state index in [1.165, 1.54) is 32.9 Å². The zero-order chi connectivity index (χ0) is 23.4. The average Bonchev–Trinajstić information content (AvgIpc) is 2.64. The molecule has 1 amide bonds. The first-order valence-electron chi connectivity index (χ1n) is 9.25. The van der Waals surface area contributed by atoms with Crippen LogP contribution in [0.15, 0.2) is 34.1 Å². The topological polar surface area (TPSA) is 143 Å². The zero-order valence-corrected chi connectivity index (χ0v) is 19.2. The van der Waals surface area contributed by atoms with Gasteiger partial charge in [-0.1, -0.05) is 12.1 Å². The van der Waals surface area contributed by atoms with Crippen molar-refractivity contribution in [3.05, 3.63) is 24.3 Å². The van der Waals surface area contributed by atoms with Gasteiger partial charge in [0.05, 0.1) is 18.1 Å². The highest BCUT2D eigenvalue weighted by Gasteiger charge is 2.40.